The number of para-hydroxylation sites is 1. The average molecular weight is 394 g/mol. The average Bonchev–Trinajstić information content (AvgIpc) is 2.73. The summed E-state index contributed by atoms with van der Waals surface area (Å²) in [5.74, 6) is 2.15. The lowest BCUT2D eigenvalue weighted by Gasteiger charge is -2.25. The minimum Gasteiger partial charge on any atom is -0.449 e. The summed E-state index contributed by atoms with van der Waals surface area (Å²) in [5.41, 5.74) is 8.21. The van der Waals surface area contributed by atoms with Gasteiger partial charge in [-0.25, -0.2) is 6.57 Å². The second kappa shape index (κ2) is 6.57. The predicted molar refractivity (Wildman–Crippen MR) is 122 cm³/mol. The number of fused-ring (bicyclic) bond motifs is 3. The molecule has 4 aromatic rings. The lowest BCUT2D eigenvalue weighted by Crippen LogP contribution is -2.34. The van der Waals surface area contributed by atoms with E-state index in [1.54, 1.807) is 0 Å². The van der Waals surface area contributed by atoms with E-state index in [1.807, 2.05) is 6.07 Å². The Bertz CT molecular complexity index is 1410. The summed E-state index contributed by atoms with van der Waals surface area (Å²) in [6.45, 7) is 16.7. The van der Waals surface area contributed by atoms with Crippen LogP contribution in [0.3, 0.4) is 0 Å². The van der Waals surface area contributed by atoms with Gasteiger partial charge in [-0.15, -0.1) is 0 Å². The van der Waals surface area contributed by atoms with Crippen LogP contribution in [0.4, 0.5) is 0 Å². The van der Waals surface area contributed by atoms with E-state index in [0.717, 1.165) is 33.7 Å². The first kappa shape index (κ1) is 18.6. The second-order valence-corrected chi connectivity index (χ2v) is 8.62. The molecule has 2 heterocycles. The Morgan fingerprint density at radius 2 is 1.87 bits per heavy atom. The van der Waals surface area contributed by atoms with Crippen LogP contribution in [0.25, 0.3) is 37.8 Å². The van der Waals surface area contributed by atoms with Crippen molar-refractivity contribution in [1.82, 2.24) is 0 Å². The molecule has 148 valence electrons. The lowest BCUT2D eigenvalue weighted by molar-refractivity contribution is -0.633. The van der Waals surface area contributed by atoms with Gasteiger partial charge in [0.25, 0.3) is 5.69 Å². The third kappa shape index (κ3) is 2.47. The molecule has 0 saturated heterocycles. The van der Waals surface area contributed by atoms with Gasteiger partial charge in [0.1, 0.15) is 12.8 Å². The van der Waals surface area contributed by atoms with E-state index >= 15 is 0 Å². The second-order valence-electron chi connectivity index (χ2n) is 8.62. The van der Waals surface area contributed by atoms with Crippen LogP contribution in [0, 0.1) is 20.4 Å². The zero-order valence-corrected chi connectivity index (χ0v) is 18.1. The van der Waals surface area contributed by atoms with Gasteiger partial charge in [0.2, 0.25) is 17.8 Å². The van der Waals surface area contributed by atoms with Crippen LogP contribution in [0.2, 0.25) is 0 Å². The molecule has 0 bridgehead atoms. The van der Waals surface area contributed by atoms with Gasteiger partial charge in [0.05, 0.1) is 16.5 Å². The topological polar surface area (TPSA) is 17.5 Å². The highest BCUT2D eigenvalue weighted by molar-refractivity contribution is 6.06. The van der Waals surface area contributed by atoms with Gasteiger partial charge < -0.3 is 9.58 Å². The smallest absolute Gasteiger partial charge is 0.257 e. The van der Waals surface area contributed by atoms with Crippen molar-refractivity contribution >= 4 is 21.7 Å². The van der Waals surface area contributed by atoms with Crippen molar-refractivity contribution in [3.63, 3.8) is 0 Å². The number of nitrogens with zero attached hydrogens (tertiary/aromatic N) is 2. The monoisotopic (exact) mass is 393 g/mol. The SMILES string of the molecule is [C-]#[N+]Cc1c2c([n+](C)c3ccccc13)-c1c(C)c(C)cc3cc(C(C)C)cc(c13)O2. The zero-order chi connectivity index (χ0) is 21.2. The molecular formula is C27H25N2O+. The Morgan fingerprint density at radius 3 is 2.60 bits per heavy atom. The quantitative estimate of drug-likeness (QED) is 0.239. The van der Waals surface area contributed by atoms with E-state index in [2.05, 4.69) is 80.6 Å². The molecule has 3 nitrogen and oxygen atoms in total. The number of benzene rings is 3. The van der Waals surface area contributed by atoms with Crippen molar-refractivity contribution in [3.05, 3.63) is 76.1 Å². The van der Waals surface area contributed by atoms with Crippen LogP contribution in [0.5, 0.6) is 11.5 Å². The van der Waals surface area contributed by atoms with Gasteiger partial charge in [0, 0.05) is 11.5 Å². The Hall–Kier alpha value is -3.38. The van der Waals surface area contributed by atoms with Crippen molar-refractivity contribution in [2.45, 2.75) is 40.2 Å². The molecule has 0 atom stereocenters. The van der Waals surface area contributed by atoms with Gasteiger partial charge in [-0.05, 0) is 54.0 Å². The molecule has 0 aliphatic carbocycles. The summed E-state index contributed by atoms with van der Waals surface area (Å²) in [4.78, 5) is 3.75. The highest BCUT2D eigenvalue weighted by Crippen LogP contribution is 2.50. The summed E-state index contributed by atoms with van der Waals surface area (Å²) < 4.78 is 8.88. The van der Waals surface area contributed by atoms with Gasteiger partial charge in [-0.2, -0.15) is 4.57 Å². The highest BCUT2D eigenvalue weighted by atomic mass is 16.5. The van der Waals surface area contributed by atoms with Gasteiger partial charge in [-0.1, -0.05) is 38.1 Å². The van der Waals surface area contributed by atoms with Gasteiger partial charge in [0.15, 0.2) is 0 Å². The number of aromatic nitrogens is 1. The Morgan fingerprint density at radius 1 is 1.10 bits per heavy atom. The minimum atomic E-state index is 0.302. The van der Waals surface area contributed by atoms with E-state index in [-0.39, 0.29) is 0 Å². The molecule has 30 heavy (non-hydrogen) atoms. The number of hydrogen-bond donors (Lipinski definition) is 0. The number of aryl methyl sites for hydroxylation is 2. The zero-order valence-electron chi connectivity index (χ0n) is 18.1. The van der Waals surface area contributed by atoms with E-state index < -0.39 is 0 Å². The lowest BCUT2D eigenvalue weighted by atomic mass is 9.87. The summed E-state index contributed by atoms with van der Waals surface area (Å²) in [7, 11) is 2.10. The van der Waals surface area contributed by atoms with Crippen molar-refractivity contribution in [1.29, 1.82) is 0 Å². The Kier molecular flexibility index (Phi) is 4.08. The third-order valence-corrected chi connectivity index (χ3v) is 6.51. The largest absolute Gasteiger partial charge is 0.449 e. The molecule has 3 aromatic carbocycles. The van der Waals surface area contributed by atoms with Crippen LogP contribution >= 0.6 is 0 Å². The summed E-state index contributed by atoms with van der Waals surface area (Å²) >= 11 is 0. The fraction of sp³-hybridized carbons (Fsp3) is 0.259. The van der Waals surface area contributed by atoms with E-state index in [9.17, 15) is 0 Å². The van der Waals surface area contributed by atoms with Crippen LogP contribution in [-0.4, -0.2) is 0 Å². The fourth-order valence-electron chi connectivity index (χ4n) is 4.77. The molecule has 0 fully saturated rings. The molecule has 0 radical (unpaired) electrons. The summed E-state index contributed by atoms with van der Waals surface area (Å²) in [6, 6.07) is 15.1. The van der Waals surface area contributed by atoms with E-state index in [4.69, 9.17) is 11.3 Å². The van der Waals surface area contributed by atoms with E-state index in [0.29, 0.717) is 12.5 Å². The fourth-order valence-corrected chi connectivity index (χ4v) is 4.77. The van der Waals surface area contributed by atoms with Crippen molar-refractivity contribution < 1.29 is 9.30 Å². The number of pyridine rings is 1. The number of ether oxygens (including phenoxy) is 1. The van der Waals surface area contributed by atoms with E-state index in [1.165, 1.54) is 33.0 Å². The summed E-state index contributed by atoms with van der Waals surface area (Å²) in [6.07, 6.45) is 0. The van der Waals surface area contributed by atoms with Crippen LogP contribution in [0.1, 0.15) is 42.0 Å². The van der Waals surface area contributed by atoms with Crippen molar-refractivity contribution in [2.24, 2.45) is 7.05 Å². The Balaban J connectivity index is 2.01. The van der Waals surface area contributed by atoms with Crippen molar-refractivity contribution in [2.75, 3.05) is 0 Å². The first-order valence-electron chi connectivity index (χ1n) is 10.4. The van der Waals surface area contributed by atoms with Gasteiger partial charge in [-0.3, -0.25) is 0 Å². The Labute approximate surface area is 177 Å². The predicted octanol–water partition coefficient (Wildman–Crippen LogP) is 6.75. The van der Waals surface area contributed by atoms with Crippen LogP contribution in [-0.2, 0) is 13.6 Å². The molecule has 3 heteroatoms. The maximum Gasteiger partial charge on any atom is 0.257 e. The first-order chi connectivity index (χ1) is 14.4. The maximum absolute atomic E-state index is 7.58. The van der Waals surface area contributed by atoms with Gasteiger partial charge >= 0.3 is 0 Å². The molecule has 1 aliphatic heterocycles. The molecular weight excluding hydrogens is 368 g/mol. The molecule has 0 saturated carbocycles. The molecule has 0 unspecified atom stereocenters. The molecule has 0 amide bonds. The maximum atomic E-state index is 7.58. The minimum absolute atomic E-state index is 0.302. The van der Waals surface area contributed by atoms with Crippen LogP contribution < -0.4 is 9.30 Å². The highest BCUT2D eigenvalue weighted by Gasteiger charge is 2.35. The number of rotatable bonds is 2. The normalized spacial score (nSPS) is 12.2. The first-order valence-corrected chi connectivity index (χ1v) is 10.4. The molecule has 1 aromatic heterocycles. The van der Waals surface area contributed by atoms with Crippen LogP contribution in [0.15, 0.2) is 42.5 Å². The van der Waals surface area contributed by atoms with Crippen molar-refractivity contribution in [3.8, 4) is 22.8 Å². The number of hydrogen-bond acceptors (Lipinski definition) is 1. The molecule has 5 rings (SSSR count). The third-order valence-electron chi connectivity index (χ3n) is 6.51. The summed E-state index contributed by atoms with van der Waals surface area (Å²) in [5, 5.41) is 3.48. The molecule has 0 N–H and O–H groups in total. The molecule has 1 aliphatic rings. The molecule has 0 spiro atoms. The standard InChI is InChI=1S/C27H25N2O/c1-15(2)18-12-19-11-16(3)17(4)24-25(19)23(13-18)30-27-21(14-28-5)20-9-7-8-10-22(20)29(6)26(24)27/h7-13,15H,14H2,1-4,6H3/q+1.